The van der Waals surface area contributed by atoms with Gasteiger partial charge in [-0.1, -0.05) is 6.07 Å². The average Bonchev–Trinajstić information content (AvgIpc) is 2.86. The van der Waals surface area contributed by atoms with Crippen LogP contribution in [-0.2, 0) is 0 Å². The Kier molecular flexibility index (Phi) is 3.04. The molecule has 4 heteroatoms. The Labute approximate surface area is 106 Å². The highest BCUT2D eigenvalue weighted by Gasteiger charge is 2.37. The lowest BCUT2D eigenvalue weighted by atomic mass is 9.91. The monoisotopic (exact) mass is 248 g/mol. The summed E-state index contributed by atoms with van der Waals surface area (Å²) in [6.07, 6.45) is 2.23. The summed E-state index contributed by atoms with van der Waals surface area (Å²) in [5.74, 6) is 0.183. The van der Waals surface area contributed by atoms with Crippen LogP contribution in [0.3, 0.4) is 0 Å². The van der Waals surface area contributed by atoms with E-state index in [0.29, 0.717) is 11.5 Å². The van der Waals surface area contributed by atoms with Crippen LogP contribution in [-0.4, -0.2) is 36.5 Å². The van der Waals surface area contributed by atoms with E-state index < -0.39 is 0 Å². The summed E-state index contributed by atoms with van der Waals surface area (Å²) in [4.78, 5) is 14.3. The summed E-state index contributed by atoms with van der Waals surface area (Å²) in [6.45, 7) is 2.65. The maximum absolute atomic E-state index is 13.2. The molecule has 1 N–H and O–H groups in total. The van der Waals surface area contributed by atoms with E-state index in [-0.39, 0.29) is 17.8 Å². The van der Waals surface area contributed by atoms with Crippen molar-refractivity contribution in [3.63, 3.8) is 0 Å². The lowest BCUT2D eigenvalue weighted by Crippen LogP contribution is -2.48. The topological polar surface area (TPSA) is 32.3 Å². The molecule has 2 aliphatic rings. The zero-order valence-electron chi connectivity index (χ0n) is 10.2. The smallest absolute Gasteiger partial charge is 0.254 e. The van der Waals surface area contributed by atoms with Crippen LogP contribution >= 0.6 is 0 Å². The van der Waals surface area contributed by atoms with E-state index in [9.17, 15) is 9.18 Å². The van der Waals surface area contributed by atoms with Crippen molar-refractivity contribution >= 4 is 5.91 Å². The quantitative estimate of drug-likeness (QED) is 0.819. The maximum Gasteiger partial charge on any atom is 0.254 e. The van der Waals surface area contributed by atoms with Crippen LogP contribution in [0.2, 0.25) is 0 Å². The summed E-state index contributed by atoms with van der Waals surface area (Å²) in [7, 11) is 0. The molecule has 0 radical (unpaired) electrons. The third-order valence-electron chi connectivity index (χ3n) is 4.01. The Morgan fingerprint density at radius 2 is 2.28 bits per heavy atom. The first kappa shape index (κ1) is 11.7. The van der Waals surface area contributed by atoms with Crippen LogP contribution in [0.4, 0.5) is 4.39 Å². The summed E-state index contributed by atoms with van der Waals surface area (Å²) in [6, 6.07) is 6.27. The molecular formula is C14H17FN2O. The van der Waals surface area contributed by atoms with E-state index in [1.165, 1.54) is 18.6 Å². The number of nitrogens with zero attached hydrogens (tertiary/aromatic N) is 1. The molecule has 2 fully saturated rings. The first-order valence-corrected chi connectivity index (χ1v) is 6.53. The summed E-state index contributed by atoms with van der Waals surface area (Å²) in [5.41, 5.74) is 0.461. The van der Waals surface area contributed by atoms with Crippen LogP contribution < -0.4 is 5.32 Å². The predicted molar refractivity (Wildman–Crippen MR) is 66.8 cm³/mol. The Hall–Kier alpha value is -1.42. The molecule has 2 heterocycles. The second-order valence-corrected chi connectivity index (χ2v) is 5.14. The van der Waals surface area contributed by atoms with Crippen LogP contribution in [0.15, 0.2) is 24.3 Å². The van der Waals surface area contributed by atoms with E-state index in [1.54, 1.807) is 12.1 Å². The fourth-order valence-electron chi connectivity index (χ4n) is 3.11. The lowest BCUT2D eigenvalue weighted by Gasteiger charge is -2.37. The summed E-state index contributed by atoms with van der Waals surface area (Å²) < 4.78 is 13.2. The van der Waals surface area contributed by atoms with Gasteiger partial charge in [-0.05, 0) is 37.0 Å². The van der Waals surface area contributed by atoms with Crippen LogP contribution in [0.25, 0.3) is 0 Å². The second-order valence-electron chi connectivity index (χ2n) is 5.14. The van der Waals surface area contributed by atoms with Crippen LogP contribution in [0.5, 0.6) is 0 Å². The summed E-state index contributed by atoms with van der Waals surface area (Å²) in [5, 5.41) is 3.34. The van der Waals surface area contributed by atoms with Crippen molar-refractivity contribution in [2.45, 2.75) is 18.9 Å². The van der Waals surface area contributed by atoms with E-state index >= 15 is 0 Å². The van der Waals surface area contributed by atoms with Gasteiger partial charge in [-0.3, -0.25) is 4.79 Å². The number of hydrogen-bond donors (Lipinski definition) is 1. The number of carbonyl (C=O) groups excluding carboxylic acids is 1. The van der Waals surface area contributed by atoms with Gasteiger partial charge in [-0.15, -0.1) is 0 Å². The van der Waals surface area contributed by atoms with Gasteiger partial charge in [0.1, 0.15) is 5.82 Å². The highest BCUT2D eigenvalue weighted by molar-refractivity contribution is 5.94. The molecule has 18 heavy (non-hydrogen) atoms. The number of likely N-dealkylation sites (tertiary alicyclic amines) is 1. The zero-order chi connectivity index (χ0) is 12.5. The van der Waals surface area contributed by atoms with Gasteiger partial charge in [-0.25, -0.2) is 4.39 Å². The number of amides is 1. The highest BCUT2D eigenvalue weighted by Crippen LogP contribution is 2.27. The number of nitrogens with one attached hydrogen (secondary N) is 1. The number of halogens is 1. The molecule has 0 bridgehead atoms. The van der Waals surface area contributed by atoms with Gasteiger partial charge >= 0.3 is 0 Å². The van der Waals surface area contributed by atoms with Gasteiger partial charge in [0, 0.05) is 31.2 Å². The number of piperidine rings is 1. The molecule has 3 rings (SSSR count). The minimum absolute atomic E-state index is 0.0344. The molecule has 0 aliphatic carbocycles. The molecule has 3 nitrogen and oxygen atoms in total. The maximum atomic E-state index is 13.2. The van der Waals surface area contributed by atoms with Crippen molar-refractivity contribution in [1.29, 1.82) is 0 Å². The molecule has 2 unspecified atom stereocenters. The fourth-order valence-corrected chi connectivity index (χ4v) is 3.11. The Morgan fingerprint density at radius 1 is 1.39 bits per heavy atom. The fraction of sp³-hybridized carbons (Fsp3) is 0.500. The van der Waals surface area contributed by atoms with Gasteiger partial charge in [-0.2, -0.15) is 0 Å². The molecule has 2 atom stereocenters. The Balaban J connectivity index is 1.83. The van der Waals surface area contributed by atoms with E-state index in [2.05, 4.69) is 5.32 Å². The zero-order valence-corrected chi connectivity index (χ0v) is 10.2. The molecule has 0 spiro atoms. The minimum Gasteiger partial charge on any atom is -0.334 e. The minimum atomic E-state index is -0.348. The molecule has 2 saturated heterocycles. The second kappa shape index (κ2) is 4.69. The van der Waals surface area contributed by atoms with Crippen LogP contribution in [0.1, 0.15) is 23.2 Å². The molecule has 96 valence electrons. The number of benzene rings is 1. The van der Waals surface area contributed by atoms with Gasteiger partial charge in [0.2, 0.25) is 0 Å². The van der Waals surface area contributed by atoms with Gasteiger partial charge in [0.15, 0.2) is 0 Å². The molecule has 1 amide bonds. The summed E-state index contributed by atoms with van der Waals surface area (Å²) >= 11 is 0. The van der Waals surface area contributed by atoms with Gasteiger partial charge in [0.25, 0.3) is 5.91 Å². The van der Waals surface area contributed by atoms with Crippen molar-refractivity contribution in [3.05, 3.63) is 35.6 Å². The third kappa shape index (κ3) is 2.01. The molecule has 1 aromatic rings. The Morgan fingerprint density at radius 3 is 3.11 bits per heavy atom. The van der Waals surface area contributed by atoms with Crippen molar-refractivity contribution in [2.24, 2.45) is 5.92 Å². The first-order valence-electron chi connectivity index (χ1n) is 6.53. The van der Waals surface area contributed by atoms with E-state index in [1.807, 2.05) is 4.90 Å². The Bertz CT molecular complexity index is 463. The molecule has 2 aliphatic heterocycles. The van der Waals surface area contributed by atoms with Gasteiger partial charge < -0.3 is 10.2 Å². The number of hydrogen-bond acceptors (Lipinski definition) is 2. The predicted octanol–water partition coefficient (Wildman–Crippen LogP) is 1.65. The normalized spacial score (nSPS) is 27.1. The number of fused-ring (bicyclic) bond motifs is 1. The van der Waals surface area contributed by atoms with E-state index in [0.717, 1.165) is 26.1 Å². The van der Waals surface area contributed by atoms with Crippen LogP contribution in [0, 0.1) is 11.7 Å². The average molecular weight is 248 g/mol. The molecule has 0 saturated carbocycles. The standard InChI is InChI=1S/C14H17FN2O/c15-12-5-1-3-10(7-12)14(18)17-6-2-4-11-8-16-9-13(11)17/h1,3,5,7,11,13,16H,2,4,6,8-9H2. The SMILES string of the molecule is O=C(c1cccc(F)c1)N1CCCC2CNCC21. The largest absolute Gasteiger partial charge is 0.334 e. The third-order valence-corrected chi connectivity index (χ3v) is 4.01. The van der Waals surface area contributed by atoms with E-state index in [4.69, 9.17) is 0 Å². The van der Waals surface area contributed by atoms with Crippen molar-refractivity contribution in [3.8, 4) is 0 Å². The number of rotatable bonds is 1. The van der Waals surface area contributed by atoms with Crippen molar-refractivity contribution in [2.75, 3.05) is 19.6 Å². The van der Waals surface area contributed by atoms with Gasteiger partial charge in [0.05, 0.1) is 0 Å². The van der Waals surface area contributed by atoms with Crippen molar-refractivity contribution in [1.82, 2.24) is 10.2 Å². The molecule has 1 aromatic carbocycles. The molecular weight excluding hydrogens is 231 g/mol. The lowest BCUT2D eigenvalue weighted by molar-refractivity contribution is 0.0574. The number of carbonyl (C=O) groups is 1. The molecule has 0 aromatic heterocycles. The highest BCUT2D eigenvalue weighted by atomic mass is 19.1. The first-order chi connectivity index (χ1) is 8.75. The van der Waals surface area contributed by atoms with Crippen molar-refractivity contribution < 1.29 is 9.18 Å².